The standard InChI is InChI=1S/C19H29N3O2.2ClH/c1-15(21-18(23)17-6-4-16(14-20)5-7-17)19(8-2-3-9-19)22-10-12-24-13-11-22;;/h4-7,15H,2-3,8-14,20H2,1H3,(H,21,23);2*1H. The molecule has 1 aliphatic carbocycles. The lowest BCUT2D eigenvalue weighted by molar-refractivity contribution is -0.0323. The van der Waals surface area contributed by atoms with Crippen LogP contribution >= 0.6 is 24.8 Å². The number of halogens is 2. The van der Waals surface area contributed by atoms with Gasteiger partial charge in [-0.3, -0.25) is 9.69 Å². The molecule has 7 heteroatoms. The Labute approximate surface area is 168 Å². The molecular weight excluding hydrogens is 373 g/mol. The fraction of sp³-hybridized carbons (Fsp3) is 0.632. The minimum absolute atomic E-state index is 0. The third kappa shape index (κ3) is 4.90. The second kappa shape index (κ2) is 10.5. The summed E-state index contributed by atoms with van der Waals surface area (Å²) < 4.78 is 5.52. The van der Waals surface area contributed by atoms with E-state index in [1.54, 1.807) is 0 Å². The summed E-state index contributed by atoms with van der Waals surface area (Å²) in [5.74, 6) is 0.00519. The van der Waals surface area contributed by atoms with Crippen molar-refractivity contribution in [3.05, 3.63) is 35.4 Å². The molecule has 3 N–H and O–H groups in total. The molecule has 1 unspecified atom stereocenters. The van der Waals surface area contributed by atoms with Gasteiger partial charge in [-0.15, -0.1) is 24.8 Å². The van der Waals surface area contributed by atoms with Crippen molar-refractivity contribution in [3.63, 3.8) is 0 Å². The Kier molecular flexibility index (Phi) is 9.34. The minimum atomic E-state index is 0. The summed E-state index contributed by atoms with van der Waals surface area (Å²) in [5.41, 5.74) is 7.45. The summed E-state index contributed by atoms with van der Waals surface area (Å²) in [7, 11) is 0. The summed E-state index contributed by atoms with van der Waals surface area (Å²) >= 11 is 0. The Hall–Kier alpha value is -0.850. The molecule has 1 heterocycles. The topological polar surface area (TPSA) is 67.6 Å². The molecule has 0 radical (unpaired) electrons. The van der Waals surface area contributed by atoms with Crippen LogP contribution in [0.1, 0.15) is 48.5 Å². The number of benzene rings is 1. The van der Waals surface area contributed by atoms with E-state index in [0.717, 1.165) is 44.7 Å². The number of morpholine rings is 1. The lowest BCUT2D eigenvalue weighted by Gasteiger charge is -2.47. The van der Waals surface area contributed by atoms with Crippen molar-refractivity contribution in [1.29, 1.82) is 0 Å². The van der Waals surface area contributed by atoms with E-state index < -0.39 is 0 Å². The molecule has 2 aliphatic rings. The van der Waals surface area contributed by atoms with Crippen LogP contribution in [0.3, 0.4) is 0 Å². The van der Waals surface area contributed by atoms with E-state index in [1.165, 1.54) is 12.8 Å². The highest BCUT2D eigenvalue weighted by Crippen LogP contribution is 2.38. The van der Waals surface area contributed by atoms with E-state index in [9.17, 15) is 4.79 Å². The number of carbonyl (C=O) groups excluding carboxylic acids is 1. The maximum atomic E-state index is 12.7. The molecule has 1 aromatic carbocycles. The van der Waals surface area contributed by atoms with Crippen molar-refractivity contribution in [3.8, 4) is 0 Å². The van der Waals surface area contributed by atoms with Crippen molar-refractivity contribution in [2.45, 2.75) is 50.7 Å². The van der Waals surface area contributed by atoms with Crippen LogP contribution in [-0.2, 0) is 11.3 Å². The van der Waals surface area contributed by atoms with Crippen LogP contribution in [-0.4, -0.2) is 48.7 Å². The molecule has 5 nitrogen and oxygen atoms in total. The lowest BCUT2D eigenvalue weighted by atomic mass is 9.86. The molecule has 0 spiro atoms. The number of nitrogens with zero attached hydrogens (tertiary/aromatic N) is 1. The van der Waals surface area contributed by atoms with Gasteiger partial charge in [0.2, 0.25) is 0 Å². The monoisotopic (exact) mass is 403 g/mol. The summed E-state index contributed by atoms with van der Waals surface area (Å²) in [5, 5.41) is 3.26. The van der Waals surface area contributed by atoms with Crippen molar-refractivity contribution in [2.75, 3.05) is 26.3 Å². The predicted octanol–water partition coefficient (Wildman–Crippen LogP) is 2.75. The molecule has 1 saturated carbocycles. The molecule has 1 amide bonds. The number of nitrogens with two attached hydrogens (primary N) is 1. The molecular formula is C19H31Cl2N3O2. The Bertz CT molecular complexity index is 556. The van der Waals surface area contributed by atoms with Crippen LogP contribution in [0.25, 0.3) is 0 Å². The van der Waals surface area contributed by atoms with Gasteiger partial charge in [0, 0.05) is 36.8 Å². The van der Waals surface area contributed by atoms with Gasteiger partial charge in [0.25, 0.3) is 5.91 Å². The molecule has 1 saturated heterocycles. The predicted molar refractivity (Wildman–Crippen MR) is 109 cm³/mol. The van der Waals surface area contributed by atoms with Gasteiger partial charge in [0.15, 0.2) is 0 Å². The SMILES string of the molecule is CC(NC(=O)c1ccc(CN)cc1)C1(N2CCOCC2)CCCC1.Cl.Cl. The number of hydrogen-bond acceptors (Lipinski definition) is 4. The average Bonchev–Trinajstić information content (AvgIpc) is 3.13. The Morgan fingerprint density at radius 1 is 1.19 bits per heavy atom. The first-order valence-electron chi connectivity index (χ1n) is 9.08. The van der Waals surface area contributed by atoms with E-state index in [0.29, 0.717) is 12.1 Å². The molecule has 0 bridgehead atoms. The van der Waals surface area contributed by atoms with Crippen LogP contribution in [0.2, 0.25) is 0 Å². The fourth-order valence-electron chi connectivity index (χ4n) is 4.23. The molecule has 26 heavy (non-hydrogen) atoms. The minimum Gasteiger partial charge on any atom is -0.379 e. The van der Waals surface area contributed by atoms with Gasteiger partial charge >= 0.3 is 0 Å². The summed E-state index contributed by atoms with van der Waals surface area (Å²) in [6.45, 7) is 6.17. The highest BCUT2D eigenvalue weighted by Gasteiger charge is 2.44. The third-order valence-electron chi connectivity index (χ3n) is 5.72. The van der Waals surface area contributed by atoms with Gasteiger partial charge in [-0.2, -0.15) is 0 Å². The largest absolute Gasteiger partial charge is 0.379 e. The second-order valence-electron chi connectivity index (χ2n) is 7.01. The number of ether oxygens (including phenoxy) is 1. The van der Waals surface area contributed by atoms with Crippen molar-refractivity contribution >= 4 is 30.7 Å². The number of amides is 1. The number of nitrogens with one attached hydrogen (secondary N) is 1. The van der Waals surface area contributed by atoms with Crippen molar-refractivity contribution < 1.29 is 9.53 Å². The summed E-state index contributed by atoms with van der Waals surface area (Å²) in [4.78, 5) is 15.2. The third-order valence-corrected chi connectivity index (χ3v) is 5.72. The van der Waals surface area contributed by atoms with Gasteiger partial charge in [-0.05, 0) is 37.5 Å². The average molecular weight is 404 g/mol. The van der Waals surface area contributed by atoms with E-state index in [-0.39, 0.29) is 42.3 Å². The van der Waals surface area contributed by atoms with E-state index in [1.807, 2.05) is 24.3 Å². The normalized spacial score (nSPS) is 20.5. The number of hydrogen-bond donors (Lipinski definition) is 2. The Morgan fingerprint density at radius 3 is 2.31 bits per heavy atom. The zero-order valence-electron chi connectivity index (χ0n) is 15.4. The molecule has 1 aliphatic heterocycles. The lowest BCUT2D eigenvalue weighted by Crippen LogP contribution is -2.62. The quantitative estimate of drug-likeness (QED) is 0.792. The van der Waals surface area contributed by atoms with Crippen LogP contribution in [0.5, 0.6) is 0 Å². The van der Waals surface area contributed by atoms with Crippen LogP contribution < -0.4 is 11.1 Å². The van der Waals surface area contributed by atoms with Gasteiger partial charge in [0.05, 0.1) is 13.2 Å². The zero-order valence-corrected chi connectivity index (χ0v) is 17.0. The smallest absolute Gasteiger partial charge is 0.251 e. The summed E-state index contributed by atoms with van der Waals surface area (Å²) in [6, 6.07) is 7.69. The van der Waals surface area contributed by atoms with Gasteiger partial charge in [-0.25, -0.2) is 0 Å². The first kappa shape index (κ1) is 23.2. The highest BCUT2D eigenvalue weighted by molar-refractivity contribution is 5.94. The second-order valence-corrected chi connectivity index (χ2v) is 7.01. The number of carbonyl (C=O) groups is 1. The first-order valence-corrected chi connectivity index (χ1v) is 9.08. The zero-order chi connectivity index (χ0) is 17.0. The highest BCUT2D eigenvalue weighted by atomic mass is 35.5. The molecule has 148 valence electrons. The first-order chi connectivity index (χ1) is 11.7. The van der Waals surface area contributed by atoms with E-state index >= 15 is 0 Å². The van der Waals surface area contributed by atoms with Crippen LogP contribution in [0.4, 0.5) is 0 Å². The van der Waals surface area contributed by atoms with Gasteiger partial charge in [-0.1, -0.05) is 25.0 Å². The number of rotatable bonds is 5. The maximum Gasteiger partial charge on any atom is 0.251 e. The molecule has 1 atom stereocenters. The Morgan fingerprint density at radius 2 is 1.77 bits per heavy atom. The molecule has 1 aromatic rings. The van der Waals surface area contributed by atoms with Gasteiger partial charge in [0.1, 0.15) is 0 Å². The van der Waals surface area contributed by atoms with Crippen molar-refractivity contribution in [1.82, 2.24) is 10.2 Å². The maximum absolute atomic E-state index is 12.7. The van der Waals surface area contributed by atoms with E-state index in [2.05, 4.69) is 17.1 Å². The van der Waals surface area contributed by atoms with Crippen LogP contribution in [0.15, 0.2) is 24.3 Å². The van der Waals surface area contributed by atoms with Crippen molar-refractivity contribution in [2.24, 2.45) is 5.73 Å². The van der Waals surface area contributed by atoms with E-state index in [4.69, 9.17) is 10.5 Å². The fourth-order valence-corrected chi connectivity index (χ4v) is 4.23. The summed E-state index contributed by atoms with van der Waals surface area (Å²) in [6.07, 6.45) is 4.78. The van der Waals surface area contributed by atoms with Crippen LogP contribution in [0, 0.1) is 0 Å². The molecule has 3 rings (SSSR count). The van der Waals surface area contributed by atoms with Gasteiger partial charge < -0.3 is 15.8 Å². The molecule has 0 aromatic heterocycles. The molecule has 2 fully saturated rings. The Balaban J connectivity index is 0.00000169.